The summed E-state index contributed by atoms with van der Waals surface area (Å²) in [6.45, 7) is 5.60. The number of thioether (sulfide) groups is 1. The largest absolute Gasteiger partial charge is 0.382 e. The zero-order valence-electron chi connectivity index (χ0n) is 14.6. The lowest BCUT2D eigenvalue weighted by Crippen LogP contribution is -2.39. The molecular formula is C18H30N4OS. The van der Waals surface area contributed by atoms with Gasteiger partial charge in [0.1, 0.15) is 0 Å². The highest BCUT2D eigenvalue weighted by molar-refractivity contribution is 7.98. The van der Waals surface area contributed by atoms with Crippen molar-refractivity contribution in [2.24, 2.45) is 0 Å². The number of hydrogen-bond donors (Lipinski definition) is 3. The third-order valence-electron chi connectivity index (χ3n) is 4.22. The molecule has 0 unspecified atom stereocenters. The van der Waals surface area contributed by atoms with Gasteiger partial charge in [0, 0.05) is 30.2 Å². The number of amides is 2. The number of nitrogens with zero attached hydrogens (tertiary/aromatic N) is 1. The quantitative estimate of drug-likeness (QED) is 0.473. The summed E-state index contributed by atoms with van der Waals surface area (Å²) in [5, 5.41) is 9.19. The molecule has 1 fully saturated rings. The van der Waals surface area contributed by atoms with Gasteiger partial charge in [-0.25, -0.2) is 4.79 Å². The fourth-order valence-corrected chi connectivity index (χ4v) is 3.49. The molecule has 1 aromatic rings. The van der Waals surface area contributed by atoms with Crippen molar-refractivity contribution in [1.29, 1.82) is 0 Å². The molecule has 1 aromatic carbocycles. The lowest BCUT2D eigenvalue weighted by molar-refractivity contribution is 0.222. The third kappa shape index (κ3) is 7.01. The van der Waals surface area contributed by atoms with Crippen molar-refractivity contribution in [2.75, 3.05) is 50.8 Å². The van der Waals surface area contributed by atoms with Gasteiger partial charge in [-0.3, -0.25) is 0 Å². The molecular weight excluding hydrogens is 320 g/mol. The van der Waals surface area contributed by atoms with Crippen LogP contribution in [0.4, 0.5) is 10.5 Å². The van der Waals surface area contributed by atoms with Gasteiger partial charge in [-0.2, -0.15) is 0 Å². The molecule has 0 radical (unpaired) electrons. The van der Waals surface area contributed by atoms with Crippen molar-refractivity contribution in [3.8, 4) is 0 Å². The summed E-state index contributed by atoms with van der Waals surface area (Å²) >= 11 is 1.72. The number of carbonyl (C=O) groups excluding carboxylic acids is 1. The topological polar surface area (TPSA) is 56.4 Å². The second-order valence-corrected chi connectivity index (χ2v) is 6.91. The normalized spacial score (nSPS) is 15.0. The molecule has 5 nitrogen and oxygen atoms in total. The van der Waals surface area contributed by atoms with Crippen molar-refractivity contribution in [1.82, 2.24) is 15.5 Å². The predicted molar refractivity (Wildman–Crippen MR) is 103 cm³/mol. The maximum absolute atomic E-state index is 11.8. The summed E-state index contributed by atoms with van der Waals surface area (Å²) in [5.74, 6) is 0. The number of benzene rings is 1. The fourth-order valence-electron chi connectivity index (χ4n) is 2.91. The minimum Gasteiger partial charge on any atom is -0.382 e. The molecule has 2 rings (SSSR count). The van der Waals surface area contributed by atoms with E-state index >= 15 is 0 Å². The molecule has 0 saturated carbocycles. The van der Waals surface area contributed by atoms with Crippen LogP contribution in [0.15, 0.2) is 29.2 Å². The van der Waals surface area contributed by atoms with Gasteiger partial charge in [0.2, 0.25) is 0 Å². The van der Waals surface area contributed by atoms with Crippen LogP contribution in [0, 0.1) is 0 Å². The van der Waals surface area contributed by atoms with Crippen molar-refractivity contribution in [2.45, 2.75) is 30.6 Å². The Morgan fingerprint density at radius 2 is 1.83 bits per heavy atom. The highest BCUT2D eigenvalue weighted by Gasteiger charge is 2.09. The molecule has 0 atom stereocenters. The van der Waals surface area contributed by atoms with Crippen LogP contribution in [-0.2, 0) is 0 Å². The lowest BCUT2D eigenvalue weighted by atomic mass is 10.1. The van der Waals surface area contributed by atoms with Gasteiger partial charge in [0.25, 0.3) is 0 Å². The minimum atomic E-state index is -0.0754. The predicted octanol–water partition coefficient (Wildman–Crippen LogP) is 3.00. The van der Waals surface area contributed by atoms with Gasteiger partial charge in [0.15, 0.2) is 0 Å². The van der Waals surface area contributed by atoms with Crippen LogP contribution in [-0.4, -0.2) is 56.5 Å². The van der Waals surface area contributed by atoms with Crippen molar-refractivity contribution < 1.29 is 4.79 Å². The molecule has 1 aliphatic rings. The molecule has 3 N–H and O–H groups in total. The van der Waals surface area contributed by atoms with Crippen LogP contribution in [0.3, 0.4) is 0 Å². The average molecular weight is 351 g/mol. The molecule has 134 valence electrons. The van der Waals surface area contributed by atoms with E-state index in [1.165, 1.54) is 37.2 Å². The zero-order chi connectivity index (χ0) is 17.0. The van der Waals surface area contributed by atoms with E-state index < -0.39 is 0 Å². The number of likely N-dealkylation sites (tertiary alicyclic amines) is 1. The van der Waals surface area contributed by atoms with E-state index in [-0.39, 0.29) is 6.03 Å². The van der Waals surface area contributed by atoms with Gasteiger partial charge >= 0.3 is 6.03 Å². The molecule has 6 heteroatoms. The molecule has 0 aromatic heterocycles. The molecule has 2 amide bonds. The second-order valence-electron chi connectivity index (χ2n) is 6.07. The maximum atomic E-state index is 11.8. The van der Waals surface area contributed by atoms with Crippen LogP contribution < -0.4 is 16.0 Å². The van der Waals surface area contributed by atoms with Gasteiger partial charge in [-0.1, -0.05) is 18.6 Å². The summed E-state index contributed by atoms with van der Waals surface area (Å²) in [7, 11) is 0. The number of para-hydroxylation sites is 1. The zero-order valence-corrected chi connectivity index (χ0v) is 15.5. The van der Waals surface area contributed by atoms with Gasteiger partial charge in [0.05, 0.1) is 0 Å². The first kappa shape index (κ1) is 18.9. The van der Waals surface area contributed by atoms with Crippen molar-refractivity contribution in [3.05, 3.63) is 24.3 Å². The first-order valence-electron chi connectivity index (χ1n) is 8.90. The van der Waals surface area contributed by atoms with Crippen LogP contribution in [0.25, 0.3) is 0 Å². The van der Waals surface area contributed by atoms with E-state index in [9.17, 15) is 4.79 Å². The summed E-state index contributed by atoms with van der Waals surface area (Å²) in [6.07, 6.45) is 7.09. The molecule has 0 bridgehead atoms. The molecule has 0 spiro atoms. The second kappa shape index (κ2) is 11.2. The molecule has 24 heavy (non-hydrogen) atoms. The number of urea groups is 1. The number of anilines is 1. The number of rotatable bonds is 9. The van der Waals surface area contributed by atoms with E-state index in [2.05, 4.69) is 39.2 Å². The lowest BCUT2D eigenvalue weighted by Gasteiger charge is -2.26. The third-order valence-corrected chi connectivity index (χ3v) is 5.01. The highest BCUT2D eigenvalue weighted by atomic mass is 32.2. The first-order chi connectivity index (χ1) is 11.8. The number of piperidine rings is 1. The first-order valence-corrected chi connectivity index (χ1v) is 10.1. The van der Waals surface area contributed by atoms with Gasteiger partial charge in [-0.05, 0) is 57.3 Å². The Morgan fingerprint density at radius 1 is 1.08 bits per heavy atom. The van der Waals surface area contributed by atoms with E-state index in [1.807, 2.05) is 12.1 Å². The van der Waals surface area contributed by atoms with Gasteiger partial charge < -0.3 is 20.9 Å². The van der Waals surface area contributed by atoms with Crippen molar-refractivity contribution in [3.63, 3.8) is 0 Å². The Labute approximate surface area is 149 Å². The minimum absolute atomic E-state index is 0.0754. The maximum Gasteiger partial charge on any atom is 0.314 e. The number of carbonyl (C=O) groups is 1. The highest BCUT2D eigenvalue weighted by Crippen LogP contribution is 2.24. The summed E-state index contributed by atoms with van der Waals surface area (Å²) < 4.78 is 0. The van der Waals surface area contributed by atoms with E-state index in [1.54, 1.807) is 11.8 Å². The summed E-state index contributed by atoms with van der Waals surface area (Å²) in [6, 6.07) is 8.13. The number of nitrogens with one attached hydrogen (secondary N) is 3. The Hall–Kier alpha value is -1.40. The Balaban J connectivity index is 1.50. The molecule has 0 aliphatic carbocycles. The van der Waals surface area contributed by atoms with Crippen molar-refractivity contribution >= 4 is 23.5 Å². The standard InChI is InChI=1S/C18H30N4OS/c1-24-17-9-4-3-8-16(17)19-11-12-21-18(23)20-10-7-15-22-13-5-2-6-14-22/h3-4,8-9,19H,2,5-7,10-15H2,1H3,(H2,20,21,23). The Morgan fingerprint density at radius 3 is 2.62 bits per heavy atom. The smallest absolute Gasteiger partial charge is 0.314 e. The van der Waals surface area contributed by atoms with Gasteiger partial charge in [-0.15, -0.1) is 11.8 Å². The SMILES string of the molecule is CSc1ccccc1NCCNC(=O)NCCCN1CCCCC1. The van der Waals surface area contributed by atoms with E-state index in [0.29, 0.717) is 6.54 Å². The summed E-state index contributed by atoms with van der Waals surface area (Å²) in [4.78, 5) is 15.5. The monoisotopic (exact) mass is 350 g/mol. The van der Waals surface area contributed by atoms with Crippen LogP contribution in [0.5, 0.6) is 0 Å². The molecule has 1 heterocycles. The van der Waals surface area contributed by atoms with Crippen LogP contribution in [0.2, 0.25) is 0 Å². The Kier molecular flexibility index (Phi) is 8.84. The van der Waals surface area contributed by atoms with Crippen LogP contribution in [0.1, 0.15) is 25.7 Å². The molecule has 1 aliphatic heterocycles. The fraction of sp³-hybridized carbons (Fsp3) is 0.611. The van der Waals surface area contributed by atoms with E-state index in [4.69, 9.17) is 0 Å². The Bertz CT molecular complexity index is 492. The van der Waals surface area contributed by atoms with Crippen LogP contribution >= 0.6 is 11.8 Å². The van der Waals surface area contributed by atoms with E-state index in [0.717, 1.165) is 31.7 Å². The average Bonchev–Trinajstić information content (AvgIpc) is 2.63. The summed E-state index contributed by atoms with van der Waals surface area (Å²) in [5.41, 5.74) is 1.12. The molecule has 1 saturated heterocycles. The number of hydrogen-bond acceptors (Lipinski definition) is 4.